The first-order valence-electron chi connectivity index (χ1n) is 7.74. The standard InChI is InChI=1S/C15H25N3O/c1-3-9-18-13(7-8-17-18)15(16-4-2)12-10-11-5-6-14(12)19-11/h7-8,11-12,14-16H,3-6,9-10H2,1-2H3. The number of hydrogen-bond acceptors (Lipinski definition) is 3. The molecule has 2 saturated heterocycles. The molecule has 2 bridgehead atoms. The first kappa shape index (κ1) is 13.1. The van der Waals surface area contributed by atoms with E-state index in [2.05, 4.69) is 35.0 Å². The van der Waals surface area contributed by atoms with E-state index in [0.717, 1.165) is 19.5 Å². The van der Waals surface area contributed by atoms with Crippen molar-refractivity contribution >= 4 is 0 Å². The van der Waals surface area contributed by atoms with Gasteiger partial charge in [-0.15, -0.1) is 0 Å². The van der Waals surface area contributed by atoms with Crippen LogP contribution in [0.1, 0.15) is 51.3 Å². The molecule has 2 aliphatic rings. The van der Waals surface area contributed by atoms with Crippen molar-refractivity contribution in [3.05, 3.63) is 18.0 Å². The summed E-state index contributed by atoms with van der Waals surface area (Å²) in [5.74, 6) is 0.617. The van der Waals surface area contributed by atoms with E-state index in [1.807, 2.05) is 6.20 Å². The maximum absolute atomic E-state index is 6.04. The van der Waals surface area contributed by atoms with Crippen LogP contribution in [0, 0.1) is 5.92 Å². The summed E-state index contributed by atoms with van der Waals surface area (Å²) in [7, 11) is 0. The van der Waals surface area contributed by atoms with E-state index in [9.17, 15) is 0 Å². The van der Waals surface area contributed by atoms with Gasteiger partial charge < -0.3 is 10.1 Å². The molecule has 0 spiro atoms. The molecule has 4 nitrogen and oxygen atoms in total. The minimum absolute atomic E-state index is 0.398. The van der Waals surface area contributed by atoms with Crippen molar-refractivity contribution in [1.82, 2.24) is 15.1 Å². The molecule has 0 amide bonds. The van der Waals surface area contributed by atoms with Gasteiger partial charge in [-0.3, -0.25) is 4.68 Å². The van der Waals surface area contributed by atoms with Gasteiger partial charge in [0.2, 0.25) is 0 Å². The van der Waals surface area contributed by atoms with Gasteiger partial charge >= 0.3 is 0 Å². The number of hydrogen-bond donors (Lipinski definition) is 1. The molecule has 0 aromatic carbocycles. The van der Waals surface area contributed by atoms with Gasteiger partial charge in [-0.25, -0.2) is 0 Å². The highest BCUT2D eigenvalue weighted by atomic mass is 16.5. The first-order valence-corrected chi connectivity index (χ1v) is 7.74. The first-order chi connectivity index (χ1) is 9.33. The van der Waals surface area contributed by atoms with Gasteiger partial charge in [-0.2, -0.15) is 5.10 Å². The molecule has 1 aromatic heterocycles. The van der Waals surface area contributed by atoms with Crippen molar-refractivity contribution in [1.29, 1.82) is 0 Å². The van der Waals surface area contributed by atoms with Gasteiger partial charge in [0, 0.05) is 18.7 Å². The quantitative estimate of drug-likeness (QED) is 0.857. The number of aryl methyl sites for hydroxylation is 1. The lowest BCUT2D eigenvalue weighted by Gasteiger charge is -2.29. The minimum Gasteiger partial charge on any atom is -0.375 e. The monoisotopic (exact) mass is 263 g/mol. The van der Waals surface area contributed by atoms with E-state index in [1.165, 1.54) is 25.0 Å². The highest BCUT2D eigenvalue weighted by Gasteiger charge is 2.45. The Balaban J connectivity index is 1.82. The zero-order chi connectivity index (χ0) is 13.2. The highest BCUT2D eigenvalue weighted by molar-refractivity contribution is 5.12. The Labute approximate surface area is 115 Å². The molecule has 4 heteroatoms. The van der Waals surface area contributed by atoms with Crippen molar-refractivity contribution in [2.45, 2.75) is 64.3 Å². The van der Waals surface area contributed by atoms with E-state index in [1.54, 1.807) is 0 Å². The summed E-state index contributed by atoms with van der Waals surface area (Å²) in [6.07, 6.45) is 7.73. The number of ether oxygens (including phenoxy) is 1. The highest BCUT2D eigenvalue weighted by Crippen LogP contribution is 2.44. The van der Waals surface area contributed by atoms with Crippen LogP contribution in [0.4, 0.5) is 0 Å². The van der Waals surface area contributed by atoms with Crippen LogP contribution in [0.15, 0.2) is 12.3 Å². The molecule has 4 atom stereocenters. The van der Waals surface area contributed by atoms with E-state index < -0.39 is 0 Å². The number of nitrogens with one attached hydrogen (secondary N) is 1. The summed E-state index contributed by atoms with van der Waals surface area (Å²) in [5.41, 5.74) is 1.34. The molecule has 0 aliphatic carbocycles. The van der Waals surface area contributed by atoms with Gasteiger partial charge in [-0.05, 0) is 38.3 Å². The van der Waals surface area contributed by atoms with Crippen molar-refractivity contribution in [3.8, 4) is 0 Å². The zero-order valence-corrected chi connectivity index (χ0v) is 12.0. The van der Waals surface area contributed by atoms with Crippen LogP contribution in [0.25, 0.3) is 0 Å². The lowest BCUT2D eigenvalue weighted by atomic mass is 9.82. The normalized spacial score (nSPS) is 30.9. The molecule has 106 valence electrons. The van der Waals surface area contributed by atoms with Gasteiger partial charge in [0.1, 0.15) is 0 Å². The summed E-state index contributed by atoms with van der Waals surface area (Å²) >= 11 is 0. The molecule has 4 unspecified atom stereocenters. The van der Waals surface area contributed by atoms with E-state index in [-0.39, 0.29) is 0 Å². The van der Waals surface area contributed by atoms with Gasteiger partial charge in [-0.1, -0.05) is 13.8 Å². The lowest BCUT2D eigenvalue weighted by molar-refractivity contribution is 0.0850. The fourth-order valence-corrected chi connectivity index (χ4v) is 3.73. The molecule has 3 heterocycles. The topological polar surface area (TPSA) is 39.1 Å². The van der Waals surface area contributed by atoms with Gasteiger partial charge in [0.05, 0.1) is 23.9 Å². The van der Waals surface area contributed by atoms with Crippen molar-refractivity contribution in [3.63, 3.8) is 0 Å². The Morgan fingerprint density at radius 3 is 3.00 bits per heavy atom. The Kier molecular flexibility index (Phi) is 3.89. The second kappa shape index (κ2) is 5.63. The third-order valence-corrected chi connectivity index (χ3v) is 4.51. The van der Waals surface area contributed by atoms with Gasteiger partial charge in [0.25, 0.3) is 0 Å². The summed E-state index contributed by atoms with van der Waals surface area (Å²) in [4.78, 5) is 0. The Morgan fingerprint density at radius 2 is 2.37 bits per heavy atom. The predicted octanol–water partition coefficient (Wildman–Crippen LogP) is 2.51. The lowest BCUT2D eigenvalue weighted by Crippen LogP contribution is -2.35. The second-order valence-electron chi connectivity index (χ2n) is 5.79. The second-order valence-corrected chi connectivity index (χ2v) is 5.79. The van der Waals surface area contributed by atoms with E-state index in [4.69, 9.17) is 4.74 Å². The Morgan fingerprint density at radius 1 is 1.47 bits per heavy atom. The number of fused-ring (bicyclic) bond motifs is 2. The largest absolute Gasteiger partial charge is 0.375 e. The molecule has 0 saturated carbocycles. The molecule has 2 fully saturated rings. The maximum atomic E-state index is 6.04. The number of nitrogens with zero attached hydrogens (tertiary/aromatic N) is 2. The molecular weight excluding hydrogens is 238 g/mol. The summed E-state index contributed by atoms with van der Waals surface area (Å²) in [6, 6.07) is 2.57. The van der Waals surface area contributed by atoms with Crippen molar-refractivity contribution in [2.24, 2.45) is 5.92 Å². The van der Waals surface area contributed by atoms with E-state index in [0.29, 0.717) is 24.2 Å². The SMILES string of the molecule is CCCn1nccc1C(NCC)C1CC2CCC1O2. The van der Waals surface area contributed by atoms with Crippen molar-refractivity contribution < 1.29 is 4.74 Å². The van der Waals surface area contributed by atoms with Crippen LogP contribution < -0.4 is 5.32 Å². The average Bonchev–Trinajstić information content (AvgIpc) is 3.12. The molecule has 0 radical (unpaired) electrons. The summed E-state index contributed by atoms with van der Waals surface area (Å²) in [6.45, 7) is 6.39. The maximum Gasteiger partial charge on any atom is 0.0627 e. The molecule has 2 aliphatic heterocycles. The molecular formula is C15H25N3O. The zero-order valence-electron chi connectivity index (χ0n) is 12.0. The van der Waals surface area contributed by atoms with Crippen LogP contribution in [0.3, 0.4) is 0 Å². The minimum atomic E-state index is 0.398. The molecule has 1 aromatic rings. The van der Waals surface area contributed by atoms with Crippen LogP contribution in [-0.4, -0.2) is 28.5 Å². The Bertz CT molecular complexity index is 417. The number of rotatable bonds is 6. The van der Waals surface area contributed by atoms with Crippen LogP contribution in [0.5, 0.6) is 0 Å². The average molecular weight is 263 g/mol. The number of aromatic nitrogens is 2. The third-order valence-electron chi connectivity index (χ3n) is 4.51. The van der Waals surface area contributed by atoms with Crippen LogP contribution >= 0.6 is 0 Å². The summed E-state index contributed by atoms with van der Waals surface area (Å²) < 4.78 is 8.21. The van der Waals surface area contributed by atoms with Gasteiger partial charge in [0.15, 0.2) is 0 Å². The fraction of sp³-hybridized carbons (Fsp3) is 0.800. The molecule has 3 rings (SSSR count). The third kappa shape index (κ3) is 2.43. The Hall–Kier alpha value is -0.870. The predicted molar refractivity (Wildman–Crippen MR) is 74.9 cm³/mol. The molecule has 1 N–H and O–H groups in total. The van der Waals surface area contributed by atoms with E-state index >= 15 is 0 Å². The molecule has 19 heavy (non-hydrogen) atoms. The van der Waals surface area contributed by atoms with Crippen LogP contribution in [0.2, 0.25) is 0 Å². The fourth-order valence-electron chi connectivity index (χ4n) is 3.73. The van der Waals surface area contributed by atoms with Crippen LogP contribution in [-0.2, 0) is 11.3 Å². The summed E-state index contributed by atoms with van der Waals surface area (Å²) in [5, 5.41) is 8.15. The van der Waals surface area contributed by atoms with Crippen molar-refractivity contribution in [2.75, 3.05) is 6.54 Å². The smallest absolute Gasteiger partial charge is 0.0627 e.